The summed E-state index contributed by atoms with van der Waals surface area (Å²) >= 11 is 0. The highest BCUT2D eigenvalue weighted by Gasteiger charge is 2.12. The lowest BCUT2D eigenvalue weighted by molar-refractivity contribution is 0.390. The zero-order chi connectivity index (χ0) is 14.8. The summed E-state index contributed by atoms with van der Waals surface area (Å²) in [5.74, 6) is 0.832. The largest absolute Gasteiger partial charge is 0.354 e. The van der Waals surface area contributed by atoms with E-state index in [0.29, 0.717) is 6.04 Å². The van der Waals surface area contributed by atoms with E-state index in [-0.39, 0.29) is 0 Å². The van der Waals surface area contributed by atoms with Crippen LogP contribution >= 0.6 is 0 Å². The van der Waals surface area contributed by atoms with Crippen molar-refractivity contribution in [3.8, 4) is 0 Å². The van der Waals surface area contributed by atoms with Gasteiger partial charge in [-0.2, -0.15) is 0 Å². The standard InChI is InChI=1S/C18H34N2/c1-5-9-11-16(7-3)14-20-13-12-17(15-20)18(10-6-2)19-8-4/h12-13,15-16,18-19H,5-11,14H2,1-4H3. The summed E-state index contributed by atoms with van der Waals surface area (Å²) in [7, 11) is 0. The average molecular weight is 278 g/mol. The summed E-state index contributed by atoms with van der Waals surface area (Å²) in [5.41, 5.74) is 1.46. The minimum atomic E-state index is 0.530. The summed E-state index contributed by atoms with van der Waals surface area (Å²) < 4.78 is 2.40. The van der Waals surface area contributed by atoms with Crippen LogP contribution in [0.25, 0.3) is 0 Å². The molecule has 20 heavy (non-hydrogen) atoms. The maximum absolute atomic E-state index is 3.60. The lowest BCUT2D eigenvalue weighted by Gasteiger charge is -2.17. The second kappa shape index (κ2) is 10.0. The molecule has 0 saturated carbocycles. The molecule has 0 bridgehead atoms. The van der Waals surface area contributed by atoms with Gasteiger partial charge in [-0.25, -0.2) is 0 Å². The van der Waals surface area contributed by atoms with Gasteiger partial charge in [0.2, 0.25) is 0 Å². The van der Waals surface area contributed by atoms with Crippen LogP contribution in [0, 0.1) is 5.92 Å². The first-order valence-corrected chi connectivity index (χ1v) is 8.64. The van der Waals surface area contributed by atoms with Gasteiger partial charge in [-0.15, -0.1) is 0 Å². The van der Waals surface area contributed by atoms with Crippen molar-refractivity contribution in [3.63, 3.8) is 0 Å². The lowest BCUT2D eigenvalue weighted by atomic mass is 9.99. The fourth-order valence-corrected chi connectivity index (χ4v) is 2.92. The highest BCUT2D eigenvalue weighted by atomic mass is 15.0. The maximum Gasteiger partial charge on any atom is 0.0335 e. The van der Waals surface area contributed by atoms with E-state index in [0.717, 1.165) is 12.5 Å². The molecular formula is C18H34N2. The normalized spacial score (nSPS) is 14.4. The summed E-state index contributed by atoms with van der Waals surface area (Å²) in [5, 5.41) is 3.60. The Balaban J connectivity index is 2.60. The number of rotatable bonds is 11. The number of unbranched alkanes of at least 4 members (excludes halogenated alkanes) is 1. The van der Waals surface area contributed by atoms with E-state index in [1.807, 2.05) is 0 Å². The molecule has 1 N–H and O–H groups in total. The van der Waals surface area contributed by atoms with Crippen molar-refractivity contribution in [1.82, 2.24) is 9.88 Å². The van der Waals surface area contributed by atoms with Crippen LogP contribution in [0.5, 0.6) is 0 Å². The second-order valence-corrected chi connectivity index (χ2v) is 5.96. The van der Waals surface area contributed by atoms with Gasteiger partial charge in [-0.1, -0.05) is 53.4 Å². The SMILES string of the molecule is CCCCC(CC)Cn1ccc(C(CCC)NCC)c1. The molecule has 1 heterocycles. The number of aromatic nitrogens is 1. The monoisotopic (exact) mass is 278 g/mol. The van der Waals surface area contributed by atoms with E-state index in [4.69, 9.17) is 0 Å². The fourth-order valence-electron chi connectivity index (χ4n) is 2.92. The Hall–Kier alpha value is -0.760. The number of hydrogen-bond acceptors (Lipinski definition) is 1. The Labute approximate surface area is 126 Å². The van der Waals surface area contributed by atoms with E-state index in [1.165, 1.54) is 50.6 Å². The van der Waals surface area contributed by atoms with Gasteiger partial charge in [0.1, 0.15) is 0 Å². The molecular weight excluding hydrogens is 244 g/mol. The molecule has 116 valence electrons. The van der Waals surface area contributed by atoms with E-state index < -0.39 is 0 Å². The van der Waals surface area contributed by atoms with Crippen LogP contribution in [0.4, 0.5) is 0 Å². The highest BCUT2D eigenvalue weighted by molar-refractivity contribution is 5.15. The van der Waals surface area contributed by atoms with Crippen molar-refractivity contribution in [2.75, 3.05) is 6.54 Å². The third-order valence-corrected chi connectivity index (χ3v) is 4.22. The zero-order valence-corrected chi connectivity index (χ0v) is 14.0. The van der Waals surface area contributed by atoms with Gasteiger partial charge >= 0.3 is 0 Å². The van der Waals surface area contributed by atoms with Crippen molar-refractivity contribution in [2.24, 2.45) is 5.92 Å². The third-order valence-electron chi connectivity index (χ3n) is 4.22. The van der Waals surface area contributed by atoms with Gasteiger partial charge in [0.25, 0.3) is 0 Å². The van der Waals surface area contributed by atoms with Crippen molar-refractivity contribution in [3.05, 3.63) is 24.0 Å². The first-order chi connectivity index (χ1) is 9.74. The molecule has 2 nitrogen and oxygen atoms in total. The molecule has 0 aliphatic carbocycles. The number of hydrogen-bond donors (Lipinski definition) is 1. The molecule has 2 heteroatoms. The Morgan fingerprint density at radius 1 is 1.10 bits per heavy atom. The first-order valence-electron chi connectivity index (χ1n) is 8.64. The molecule has 1 aromatic heterocycles. The zero-order valence-electron chi connectivity index (χ0n) is 14.0. The number of nitrogens with one attached hydrogen (secondary N) is 1. The molecule has 0 aliphatic heterocycles. The molecule has 0 saturated heterocycles. The minimum Gasteiger partial charge on any atom is -0.354 e. The van der Waals surface area contributed by atoms with Gasteiger partial charge < -0.3 is 9.88 Å². The van der Waals surface area contributed by atoms with Gasteiger partial charge in [-0.05, 0) is 36.9 Å². The van der Waals surface area contributed by atoms with E-state index in [1.54, 1.807) is 0 Å². The van der Waals surface area contributed by atoms with Gasteiger partial charge in [0.15, 0.2) is 0 Å². The van der Waals surface area contributed by atoms with Crippen LogP contribution in [0.15, 0.2) is 18.5 Å². The van der Waals surface area contributed by atoms with Crippen LogP contribution in [-0.2, 0) is 6.54 Å². The summed E-state index contributed by atoms with van der Waals surface area (Å²) in [6, 6.07) is 2.83. The molecule has 2 atom stereocenters. The van der Waals surface area contributed by atoms with Crippen LogP contribution in [0.3, 0.4) is 0 Å². The third kappa shape index (κ3) is 5.70. The topological polar surface area (TPSA) is 17.0 Å². The molecule has 0 aliphatic rings. The van der Waals surface area contributed by atoms with Crippen LogP contribution in [0.2, 0.25) is 0 Å². The first kappa shape index (κ1) is 17.3. The summed E-state index contributed by atoms with van der Waals surface area (Å²) in [4.78, 5) is 0. The molecule has 0 radical (unpaired) electrons. The Bertz CT molecular complexity index is 337. The van der Waals surface area contributed by atoms with Gasteiger partial charge in [0, 0.05) is 25.0 Å². The summed E-state index contributed by atoms with van der Waals surface area (Å²) in [6.07, 6.45) is 12.4. The van der Waals surface area contributed by atoms with Crippen molar-refractivity contribution >= 4 is 0 Å². The minimum absolute atomic E-state index is 0.530. The fraction of sp³-hybridized carbons (Fsp3) is 0.778. The predicted molar refractivity (Wildman–Crippen MR) is 89.1 cm³/mol. The van der Waals surface area contributed by atoms with E-state index in [9.17, 15) is 0 Å². The smallest absolute Gasteiger partial charge is 0.0335 e. The van der Waals surface area contributed by atoms with E-state index in [2.05, 4.69) is 56.0 Å². The van der Waals surface area contributed by atoms with Crippen LogP contribution in [-0.4, -0.2) is 11.1 Å². The molecule has 0 spiro atoms. The van der Waals surface area contributed by atoms with Crippen molar-refractivity contribution < 1.29 is 0 Å². The van der Waals surface area contributed by atoms with Crippen LogP contribution in [0.1, 0.15) is 77.8 Å². The molecule has 0 aromatic carbocycles. The maximum atomic E-state index is 3.60. The quantitative estimate of drug-likeness (QED) is 0.592. The Kier molecular flexibility index (Phi) is 8.68. The van der Waals surface area contributed by atoms with E-state index >= 15 is 0 Å². The van der Waals surface area contributed by atoms with Gasteiger partial charge in [0.05, 0.1) is 0 Å². The van der Waals surface area contributed by atoms with Gasteiger partial charge in [-0.3, -0.25) is 0 Å². The predicted octanol–water partition coefficient (Wildman–Crippen LogP) is 5.16. The summed E-state index contributed by atoms with van der Waals surface area (Å²) in [6.45, 7) is 11.3. The number of nitrogens with zero attached hydrogens (tertiary/aromatic N) is 1. The van der Waals surface area contributed by atoms with Crippen LogP contribution < -0.4 is 5.32 Å². The Morgan fingerprint density at radius 2 is 1.90 bits per heavy atom. The Morgan fingerprint density at radius 3 is 2.50 bits per heavy atom. The molecule has 0 amide bonds. The molecule has 0 fully saturated rings. The second-order valence-electron chi connectivity index (χ2n) is 5.96. The molecule has 1 rings (SSSR count). The average Bonchev–Trinajstić information content (AvgIpc) is 2.91. The van der Waals surface area contributed by atoms with Crippen molar-refractivity contribution in [1.29, 1.82) is 0 Å². The van der Waals surface area contributed by atoms with Crippen molar-refractivity contribution in [2.45, 2.75) is 78.8 Å². The molecule has 1 aromatic rings. The molecule has 2 unspecified atom stereocenters. The lowest BCUT2D eigenvalue weighted by Crippen LogP contribution is -2.20. The highest BCUT2D eigenvalue weighted by Crippen LogP contribution is 2.21.